The molecule has 0 saturated carbocycles. The van der Waals surface area contributed by atoms with E-state index in [0.29, 0.717) is 0 Å². The highest BCUT2D eigenvalue weighted by atomic mass is 14.6. The lowest BCUT2D eigenvalue weighted by molar-refractivity contribution is 1.28. The van der Waals surface area contributed by atoms with E-state index < -0.39 is 0 Å². The molecule has 14 heavy (non-hydrogen) atoms. The maximum Gasteiger partial charge on any atom is 0.0349 e. The molecule has 1 aromatic carbocycles. The lowest BCUT2D eigenvalue weighted by atomic mass is 10.0. The monoisotopic (exact) mass is 183 g/mol. The van der Waals surface area contributed by atoms with Gasteiger partial charge < -0.3 is 0 Å². The molecule has 0 fully saturated rings. The van der Waals surface area contributed by atoms with E-state index in [1.165, 1.54) is 22.3 Å². The molecule has 2 aromatic rings. The number of pyridine rings is 1. The van der Waals surface area contributed by atoms with Crippen LogP contribution in [0.3, 0.4) is 0 Å². The second-order valence-electron chi connectivity index (χ2n) is 3.56. The molecular weight excluding hydrogens is 170 g/mol. The fourth-order valence-electron chi connectivity index (χ4n) is 1.58. The molecule has 0 aliphatic rings. The summed E-state index contributed by atoms with van der Waals surface area (Å²) in [5.74, 6) is 0. The summed E-state index contributed by atoms with van der Waals surface area (Å²) in [5, 5.41) is 0. The number of rotatable bonds is 1. The molecule has 0 radical (unpaired) electrons. The van der Waals surface area contributed by atoms with E-state index in [9.17, 15) is 0 Å². The van der Waals surface area contributed by atoms with Crippen LogP contribution < -0.4 is 0 Å². The summed E-state index contributed by atoms with van der Waals surface area (Å²) in [6.45, 7) is 4.22. The lowest BCUT2D eigenvalue weighted by Gasteiger charge is -2.05. The van der Waals surface area contributed by atoms with Gasteiger partial charge in [0.25, 0.3) is 0 Å². The van der Waals surface area contributed by atoms with E-state index in [2.05, 4.69) is 43.1 Å². The molecule has 0 atom stereocenters. The number of aromatic nitrogens is 1. The van der Waals surface area contributed by atoms with Crippen LogP contribution in [0.5, 0.6) is 0 Å². The Labute approximate surface area is 84.4 Å². The maximum atomic E-state index is 4.15. The Morgan fingerprint density at radius 2 is 1.93 bits per heavy atom. The van der Waals surface area contributed by atoms with Crippen molar-refractivity contribution in [2.45, 2.75) is 13.8 Å². The number of benzene rings is 1. The van der Waals surface area contributed by atoms with Gasteiger partial charge in [0, 0.05) is 18.0 Å². The molecule has 1 heteroatoms. The minimum Gasteiger partial charge on any atom is -0.264 e. The van der Waals surface area contributed by atoms with Crippen molar-refractivity contribution in [2.75, 3.05) is 0 Å². The van der Waals surface area contributed by atoms with Gasteiger partial charge in [0.05, 0.1) is 0 Å². The minimum absolute atomic E-state index is 1.22. The van der Waals surface area contributed by atoms with Crippen molar-refractivity contribution in [1.29, 1.82) is 0 Å². The fraction of sp³-hybridized carbons (Fsp3) is 0.154. The van der Waals surface area contributed by atoms with Crippen molar-refractivity contribution in [1.82, 2.24) is 4.98 Å². The molecule has 2 rings (SSSR count). The first-order valence-corrected chi connectivity index (χ1v) is 4.75. The summed E-state index contributed by atoms with van der Waals surface area (Å²) < 4.78 is 0. The molecule has 1 nitrogen and oxygen atoms in total. The topological polar surface area (TPSA) is 12.9 Å². The van der Waals surface area contributed by atoms with Crippen molar-refractivity contribution in [3.63, 3.8) is 0 Å². The van der Waals surface area contributed by atoms with E-state index in [1.807, 2.05) is 18.5 Å². The van der Waals surface area contributed by atoms with Gasteiger partial charge >= 0.3 is 0 Å². The third-order valence-electron chi connectivity index (χ3n) is 2.37. The van der Waals surface area contributed by atoms with Gasteiger partial charge in [-0.2, -0.15) is 0 Å². The van der Waals surface area contributed by atoms with Gasteiger partial charge in [-0.3, -0.25) is 4.98 Å². The van der Waals surface area contributed by atoms with Gasteiger partial charge in [-0.1, -0.05) is 29.8 Å². The number of hydrogen-bond donors (Lipinski definition) is 0. The predicted molar refractivity (Wildman–Crippen MR) is 59.1 cm³/mol. The Hall–Kier alpha value is -1.63. The molecule has 0 unspecified atom stereocenters. The number of nitrogens with zero attached hydrogens (tertiary/aromatic N) is 1. The maximum absolute atomic E-state index is 4.15. The van der Waals surface area contributed by atoms with E-state index in [-0.39, 0.29) is 0 Å². The molecule has 0 amide bonds. The third kappa shape index (κ3) is 1.67. The Morgan fingerprint density at radius 3 is 2.64 bits per heavy atom. The van der Waals surface area contributed by atoms with Crippen LogP contribution >= 0.6 is 0 Å². The van der Waals surface area contributed by atoms with Crippen LogP contribution in [0.2, 0.25) is 0 Å². The largest absolute Gasteiger partial charge is 0.264 e. The van der Waals surface area contributed by atoms with Crippen molar-refractivity contribution >= 4 is 0 Å². The number of hydrogen-bond acceptors (Lipinski definition) is 1. The first-order chi connectivity index (χ1) is 6.77. The quantitative estimate of drug-likeness (QED) is 0.660. The lowest BCUT2D eigenvalue weighted by Crippen LogP contribution is -1.84. The molecule has 0 aliphatic heterocycles. The van der Waals surface area contributed by atoms with Crippen LogP contribution in [-0.2, 0) is 0 Å². The van der Waals surface area contributed by atoms with Gasteiger partial charge in [-0.05, 0) is 31.0 Å². The average Bonchev–Trinajstić information content (AvgIpc) is 2.18. The molecule has 0 N–H and O–H groups in total. The molecule has 1 aromatic heterocycles. The Balaban J connectivity index is 2.55. The summed E-state index contributed by atoms with van der Waals surface area (Å²) in [5.41, 5.74) is 5.02. The molecule has 70 valence electrons. The highest BCUT2D eigenvalue weighted by Gasteiger charge is 2.00. The minimum atomic E-state index is 1.22. The SMILES string of the molecule is Cc1cccc(-c2cnccc2C)c1. The van der Waals surface area contributed by atoms with Crippen LogP contribution in [0.25, 0.3) is 11.1 Å². The van der Waals surface area contributed by atoms with Gasteiger partial charge in [-0.25, -0.2) is 0 Å². The van der Waals surface area contributed by atoms with Crippen molar-refractivity contribution in [2.24, 2.45) is 0 Å². The smallest absolute Gasteiger partial charge is 0.0349 e. The van der Waals surface area contributed by atoms with Crippen LogP contribution in [0.1, 0.15) is 11.1 Å². The Kier molecular flexibility index (Phi) is 2.32. The van der Waals surface area contributed by atoms with Crippen LogP contribution in [0.15, 0.2) is 42.7 Å². The highest BCUT2D eigenvalue weighted by molar-refractivity contribution is 5.66. The van der Waals surface area contributed by atoms with Crippen molar-refractivity contribution in [3.8, 4) is 11.1 Å². The van der Waals surface area contributed by atoms with Gasteiger partial charge in [0.15, 0.2) is 0 Å². The Morgan fingerprint density at radius 1 is 1.07 bits per heavy atom. The van der Waals surface area contributed by atoms with Crippen molar-refractivity contribution in [3.05, 3.63) is 53.9 Å². The molecule has 0 saturated heterocycles. The highest BCUT2D eigenvalue weighted by Crippen LogP contribution is 2.22. The second-order valence-corrected chi connectivity index (χ2v) is 3.56. The van der Waals surface area contributed by atoms with E-state index in [4.69, 9.17) is 0 Å². The Bertz CT molecular complexity index is 446. The average molecular weight is 183 g/mol. The van der Waals surface area contributed by atoms with Gasteiger partial charge in [-0.15, -0.1) is 0 Å². The zero-order chi connectivity index (χ0) is 9.97. The van der Waals surface area contributed by atoms with Gasteiger partial charge in [0.2, 0.25) is 0 Å². The summed E-state index contributed by atoms with van der Waals surface area (Å²) in [4.78, 5) is 4.15. The molecule has 0 aliphatic carbocycles. The summed E-state index contributed by atoms with van der Waals surface area (Å²) >= 11 is 0. The first kappa shape index (κ1) is 8.95. The number of aryl methyl sites for hydroxylation is 2. The van der Waals surface area contributed by atoms with E-state index >= 15 is 0 Å². The predicted octanol–water partition coefficient (Wildman–Crippen LogP) is 3.37. The first-order valence-electron chi connectivity index (χ1n) is 4.75. The van der Waals surface area contributed by atoms with E-state index in [0.717, 1.165) is 0 Å². The molecule has 0 spiro atoms. The van der Waals surface area contributed by atoms with E-state index in [1.54, 1.807) is 0 Å². The second kappa shape index (κ2) is 3.62. The zero-order valence-electron chi connectivity index (χ0n) is 8.49. The normalized spacial score (nSPS) is 10.1. The van der Waals surface area contributed by atoms with Gasteiger partial charge in [0.1, 0.15) is 0 Å². The molecule has 1 heterocycles. The van der Waals surface area contributed by atoms with Crippen LogP contribution in [0.4, 0.5) is 0 Å². The summed E-state index contributed by atoms with van der Waals surface area (Å²) in [7, 11) is 0. The zero-order valence-corrected chi connectivity index (χ0v) is 8.49. The summed E-state index contributed by atoms with van der Waals surface area (Å²) in [6.07, 6.45) is 3.75. The fourth-order valence-corrected chi connectivity index (χ4v) is 1.58. The van der Waals surface area contributed by atoms with Crippen LogP contribution in [0, 0.1) is 13.8 Å². The summed E-state index contributed by atoms with van der Waals surface area (Å²) in [6, 6.07) is 10.5. The third-order valence-corrected chi connectivity index (χ3v) is 2.37. The van der Waals surface area contributed by atoms with Crippen molar-refractivity contribution < 1.29 is 0 Å². The van der Waals surface area contributed by atoms with Crippen LogP contribution in [-0.4, -0.2) is 4.98 Å². The molecule has 0 bridgehead atoms. The standard InChI is InChI=1S/C13H13N/c1-10-4-3-5-12(8-10)13-9-14-7-6-11(13)2/h3-9H,1-2H3. The molecular formula is C13H13N.